The average molecular weight is 421 g/mol. The second-order valence-corrected chi connectivity index (χ2v) is 8.39. The number of aromatic hydroxyl groups is 1. The van der Waals surface area contributed by atoms with E-state index >= 15 is 0 Å². The molecule has 0 bridgehead atoms. The lowest BCUT2D eigenvalue weighted by atomic mass is 10.2. The lowest BCUT2D eigenvalue weighted by molar-refractivity contribution is 0.475. The van der Waals surface area contributed by atoms with Crippen LogP contribution in [0.4, 0.5) is 23.0 Å². The number of hydrogen-bond acceptors (Lipinski definition) is 7. The molecule has 0 saturated carbocycles. The number of sulfonamides is 1. The summed E-state index contributed by atoms with van der Waals surface area (Å²) in [7, 11) is -3.96. The van der Waals surface area contributed by atoms with Crippen molar-refractivity contribution in [1.29, 1.82) is 0 Å². The van der Waals surface area contributed by atoms with Crippen LogP contribution in [0, 0.1) is 6.92 Å². The van der Waals surface area contributed by atoms with Gasteiger partial charge in [0.1, 0.15) is 5.75 Å². The minimum absolute atomic E-state index is 0.0111. The normalized spacial score (nSPS) is 11.4. The highest BCUT2D eigenvalue weighted by Crippen LogP contribution is 2.30. The number of hydrogen-bond donors (Lipinski definition) is 4. The largest absolute Gasteiger partial charge is 0.508 e. The molecule has 0 spiro atoms. The molecule has 0 aliphatic carbocycles. The third kappa shape index (κ3) is 3.96. The maximum atomic E-state index is 12.9. The van der Waals surface area contributed by atoms with Crippen molar-refractivity contribution in [3.8, 4) is 5.75 Å². The Bertz CT molecular complexity index is 1360. The van der Waals surface area contributed by atoms with Crippen molar-refractivity contribution in [2.24, 2.45) is 0 Å². The summed E-state index contributed by atoms with van der Waals surface area (Å²) in [5.74, 6) is 0.299. The highest BCUT2D eigenvalue weighted by molar-refractivity contribution is 7.92. The molecule has 0 aliphatic heterocycles. The van der Waals surface area contributed by atoms with E-state index in [-0.39, 0.29) is 22.3 Å². The Morgan fingerprint density at radius 1 is 0.900 bits per heavy atom. The maximum Gasteiger partial charge on any atom is 0.263 e. The van der Waals surface area contributed by atoms with Crippen molar-refractivity contribution in [3.05, 3.63) is 72.3 Å². The molecule has 1 heterocycles. The Hall–Kier alpha value is -3.85. The Labute approximate surface area is 173 Å². The fourth-order valence-corrected chi connectivity index (χ4v) is 3.96. The first-order valence-corrected chi connectivity index (χ1v) is 10.5. The molecule has 9 heteroatoms. The van der Waals surface area contributed by atoms with Gasteiger partial charge in [-0.15, -0.1) is 0 Å². The number of nitrogens with one attached hydrogen (secondary N) is 2. The lowest BCUT2D eigenvalue weighted by Gasteiger charge is -2.15. The van der Waals surface area contributed by atoms with E-state index in [1.165, 1.54) is 18.2 Å². The molecule has 1 aromatic heterocycles. The van der Waals surface area contributed by atoms with Gasteiger partial charge in [-0.3, -0.25) is 4.72 Å². The molecule has 4 aromatic rings. The molecular formula is C21H19N5O3S. The van der Waals surface area contributed by atoms with E-state index in [9.17, 15) is 13.5 Å². The first kappa shape index (κ1) is 19.5. The van der Waals surface area contributed by atoms with Crippen LogP contribution in [0.5, 0.6) is 5.75 Å². The minimum Gasteiger partial charge on any atom is -0.508 e. The van der Waals surface area contributed by atoms with Crippen molar-refractivity contribution >= 4 is 44.1 Å². The zero-order chi connectivity index (χ0) is 21.3. The van der Waals surface area contributed by atoms with Crippen molar-refractivity contribution in [2.75, 3.05) is 15.8 Å². The monoisotopic (exact) mass is 421 g/mol. The number of anilines is 4. The number of fused-ring (bicyclic) bond motifs is 1. The predicted octanol–water partition coefficient (Wildman–Crippen LogP) is 3.77. The third-order valence-corrected chi connectivity index (χ3v) is 5.78. The van der Waals surface area contributed by atoms with Gasteiger partial charge in [0.15, 0.2) is 11.6 Å². The van der Waals surface area contributed by atoms with Gasteiger partial charge in [-0.1, -0.05) is 24.3 Å². The van der Waals surface area contributed by atoms with Crippen LogP contribution >= 0.6 is 0 Å². The lowest BCUT2D eigenvalue weighted by Crippen LogP contribution is -2.16. The highest BCUT2D eigenvalue weighted by Gasteiger charge is 2.19. The van der Waals surface area contributed by atoms with Gasteiger partial charge >= 0.3 is 0 Å². The van der Waals surface area contributed by atoms with Crippen LogP contribution in [-0.2, 0) is 10.0 Å². The van der Waals surface area contributed by atoms with Crippen molar-refractivity contribution < 1.29 is 13.5 Å². The van der Waals surface area contributed by atoms with Crippen LogP contribution in [0.15, 0.2) is 71.6 Å². The molecule has 0 unspecified atom stereocenters. The number of benzene rings is 3. The molecule has 0 radical (unpaired) electrons. The summed E-state index contributed by atoms with van der Waals surface area (Å²) in [6.07, 6.45) is 0. The van der Waals surface area contributed by atoms with E-state index in [1.54, 1.807) is 42.5 Å². The second kappa shape index (κ2) is 7.53. The van der Waals surface area contributed by atoms with Crippen LogP contribution in [0.1, 0.15) is 5.56 Å². The summed E-state index contributed by atoms with van der Waals surface area (Å²) in [4.78, 5) is 8.99. The highest BCUT2D eigenvalue weighted by atomic mass is 32.2. The van der Waals surface area contributed by atoms with Gasteiger partial charge in [-0.05, 0) is 48.9 Å². The molecular weight excluding hydrogens is 402 g/mol. The van der Waals surface area contributed by atoms with Crippen LogP contribution in [0.2, 0.25) is 0 Å². The fraction of sp³-hybridized carbons (Fsp3) is 0.0476. The molecule has 5 N–H and O–H groups in total. The van der Waals surface area contributed by atoms with Crippen LogP contribution in [0.3, 0.4) is 0 Å². The van der Waals surface area contributed by atoms with Gasteiger partial charge in [-0.2, -0.15) is 0 Å². The van der Waals surface area contributed by atoms with Gasteiger partial charge in [0.05, 0.1) is 15.9 Å². The van der Waals surface area contributed by atoms with E-state index < -0.39 is 10.0 Å². The standard InChI is InChI=1S/C21H19N5O3S/c1-13-9-10-15(27)12-19(13)25-20-21(24-18-8-3-2-7-17(18)23-20)26-30(28,29)16-6-4-5-14(22)11-16/h2-12,27H,22H2,1H3,(H,23,25)(H,24,26). The SMILES string of the molecule is Cc1ccc(O)cc1Nc1nc2ccccc2nc1NS(=O)(=O)c1cccc(N)c1. The van der Waals surface area contributed by atoms with E-state index in [0.717, 1.165) is 5.56 Å². The van der Waals surface area contributed by atoms with Gasteiger partial charge in [0.25, 0.3) is 10.0 Å². The summed E-state index contributed by atoms with van der Waals surface area (Å²) < 4.78 is 28.3. The quantitative estimate of drug-likeness (QED) is 0.361. The number of aromatic nitrogens is 2. The van der Waals surface area contributed by atoms with E-state index in [0.29, 0.717) is 22.4 Å². The molecule has 0 atom stereocenters. The van der Waals surface area contributed by atoms with Gasteiger partial charge in [0.2, 0.25) is 0 Å². The number of nitrogens with two attached hydrogens (primary N) is 1. The van der Waals surface area contributed by atoms with Gasteiger partial charge in [0, 0.05) is 17.4 Å². The van der Waals surface area contributed by atoms with E-state index in [1.807, 2.05) is 13.0 Å². The Balaban J connectivity index is 1.81. The summed E-state index contributed by atoms with van der Waals surface area (Å²) in [5, 5.41) is 12.9. The second-order valence-electron chi connectivity index (χ2n) is 6.71. The van der Waals surface area contributed by atoms with Crippen molar-refractivity contribution in [1.82, 2.24) is 9.97 Å². The molecule has 152 valence electrons. The maximum absolute atomic E-state index is 12.9. The van der Waals surface area contributed by atoms with E-state index in [4.69, 9.17) is 5.73 Å². The molecule has 0 saturated heterocycles. The fourth-order valence-electron chi connectivity index (χ4n) is 2.90. The Morgan fingerprint density at radius 3 is 2.30 bits per heavy atom. The summed E-state index contributed by atoms with van der Waals surface area (Å²) in [5.41, 5.74) is 8.59. The molecule has 3 aromatic carbocycles. The summed E-state index contributed by atoms with van der Waals surface area (Å²) in [6.45, 7) is 1.85. The molecule has 0 fully saturated rings. The number of para-hydroxylation sites is 2. The van der Waals surface area contributed by atoms with E-state index in [2.05, 4.69) is 20.0 Å². The predicted molar refractivity (Wildman–Crippen MR) is 117 cm³/mol. The topological polar surface area (TPSA) is 130 Å². The Morgan fingerprint density at radius 2 is 1.60 bits per heavy atom. The van der Waals surface area contributed by atoms with Gasteiger partial charge in [-0.25, -0.2) is 18.4 Å². The molecule has 4 rings (SSSR count). The molecule has 0 amide bonds. The van der Waals surface area contributed by atoms with Crippen molar-refractivity contribution in [3.63, 3.8) is 0 Å². The summed E-state index contributed by atoms with van der Waals surface area (Å²) >= 11 is 0. The number of phenols is 1. The minimum atomic E-state index is -3.96. The van der Waals surface area contributed by atoms with Crippen molar-refractivity contribution in [2.45, 2.75) is 11.8 Å². The van der Waals surface area contributed by atoms with Crippen LogP contribution < -0.4 is 15.8 Å². The zero-order valence-corrected chi connectivity index (χ0v) is 16.8. The smallest absolute Gasteiger partial charge is 0.263 e. The number of nitrogen functional groups attached to an aromatic ring is 1. The molecule has 8 nitrogen and oxygen atoms in total. The number of aryl methyl sites for hydroxylation is 1. The van der Waals surface area contributed by atoms with Crippen LogP contribution in [-0.4, -0.2) is 23.5 Å². The summed E-state index contributed by atoms with van der Waals surface area (Å²) in [6, 6.07) is 17.9. The first-order chi connectivity index (χ1) is 14.3. The first-order valence-electron chi connectivity index (χ1n) is 9.04. The molecule has 30 heavy (non-hydrogen) atoms. The van der Waals surface area contributed by atoms with Crippen LogP contribution in [0.25, 0.3) is 11.0 Å². The zero-order valence-electron chi connectivity index (χ0n) is 16.0. The average Bonchev–Trinajstić information content (AvgIpc) is 2.71. The number of nitrogens with zero attached hydrogens (tertiary/aromatic N) is 2. The number of phenolic OH excluding ortho intramolecular Hbond substituents is 1. The van der Waals surface area contributed by atoms with Gasteiger partial charge < -0.3 is 16.2 Å². The number of rotatable bonds is 5. The third-order valence-electron chi connectivity index (χ3n) is 4.44. The Kier molecular flexibility index (Phi) is 4.88. The molecule has 0 aliphatic rings.